The zero-order valence-electron chi connectivity index (χ0n) is 7.21. The van der Waals surface area contributed by atoms with Gasteiger partial charge >= 0.3 is 0 Å². The molecule has 0 heterocycles. The third-order valence-electron chi connectivity index (χ3n) is 1.56. The molecule has 4 heteroatoms. The Kier molecular flexibility index (Phi) is 3.28. The van der Waals surface area contributed by atoms with Crippen LogP contribution < -0.4 is 10.5 Å². The first-order valence-corrected chi connectivity index (χ1v) is 4.16. The van der Waals surface area contributed by atoms with E-state index >= 15 is 0 Å². The van der Waals surface area contributed by atoms with Gasteiger partial charge in [-0.05, 0) is 25.1 Å². The summed E-state index contributed by atoms with van der Waals surface area (Å²) >= 11 is 5.72. The van der Waals surface area contributed by atoms with E-state index in [1.165, 1.54) is 6.92 Å². The number of benzene rings is 1. The van der Waals surface area contributed by atoms with Gasteiger partial charge < -0.3 is 4.74 Å². The summed E-state index contributed by atoms with van der Waals surface area (Å²) in [5.41, 5.74) is 5.66. The first kappa shape index (κ1) is 10.0. The molecule has 0 atom stereocenters. The molecule has 70 valence electrons. The molecular weight excluding hydrogens is 190 g/mol. The number of carbonyl (C=O) groups is 1. The number of halogens is 1. The molecule has 0 aliphatic heterocycles. The molecule has 0 saturated carbocycles. The Morgan fingerprint density at radius 3 is 2.85 bits per heavy atom. The van der Waals surface area contributed by atoms with E-state index in [0.29, 0.717) is 16.3 Å². The van der Waals surface area contributed by atoms with E-state index in [2.05, 4.69) is 0 Å². The van der Waals surface area contributed by atoms with E-state index in [0.717, 1.165) is 0 Å². The van der Waals surface area contributed by atoms with Crippen LogP contribution in [0.25, 0.3) is 0 Å². The highest BCUT2D eigenvalue weighted by Crippen LogP contribution is 2.22. The molecular formula is C9H10ClNO2. The normalized spacial score (nSPS) is 9.77. The van der Waals surface area contributed by atoms with Crippen molar-refractivity contribution in [2.24, 2.45) is 5.73 Å². The van der Waals surface area contributed by atoms with Crippen LogP contribution in [-0.2, 0) is 0 Å². The first-order valence-electron chi connectivity index (χ1n) is 3.78. The molecule has 0 fully saturated rings. The lowest BCUT2D eigenvalue weighted by molar-refractivity contribution is 0.101. The summed E-state index contributed by atoms with van der Waals surface area (Å²) in [7, 11) is 0. The molecule has 0 aliphatic carbocycles. The molecule has 1 aromatic rings. The highest BCUT2D eigenvalue weighted by molar-refractivity contribution is 6.31. The van der Waals surface area contributed by atoms with E-state index in [-0.39, 0.29) is 12.5 Å². The second-order valence-corrected chi connectivity index (χ2v) is 2.94. The van der Waals surface area contributed by atoms with Gasteiger partial charge in [0.05, 0.1) is 5.56 Å². The van der Waals surface area contributed by atoms with Crippen LogP contribution in [-0.4, -0.2) is 12.5 Å². The van der Waals surface area contributed by atoms with Gasteiger partial charge in [0, 0.05) is 5.02 Å². The lowest BCUT2D eigenvalue weighted by Crippen LogP contribution is -2.09. The summed E-state index contributed by atoms with van der Waals surface area (Å²) in [5.74, 6) is 0.380. The van der Waals surface area contributed by atoms with Crippen LogP contribution in [0.2, 0.25) is 5.02 Å². The number of ether oxygens (including phenoxy) is 1. The molecule has 0 radical (unpaired) electrons. The van der Waals surface area contributed by atoms with E-state index in [1.54, 1.807) is 18.2 Å². The third-order valence-corrected chi connectivity index (χ3v) is 1.79. The molecule has 2 N–H and O–H groups in total. The van der Waals surface area contributed by atoms with Crippen molar-refractivity contribution in [3.8, 4) is 5.75 Å². The first-order chi connectivity index (χ1) is 6.15. The van der Waals surface area contributed by atoms with Gasteiger partial charge in [-0.2, -0.15) is 0 Å². The molecule has 0 aliphatic rings. The Hall–Kier alpha value is -1.06. The van der Waals surface area contributed by atoms with Crippen LogP contribution in [0.15, 0.2) is 18.2 Å². The van der Waals surface area contributed by atoms with Gasteiger partial charge in [-0.3, -0.25) is 10.5 Å². The molecule has 0 spiro atoms. The van der Waals surface area contributed by atoms with Gasteiger partial charge in [-0.25, -0.2) is 0 Å². The summed E-state index contributed by atoms with van der Waals surface area (Å²) in [6.07, 6.45) is 0. The van der Waals surface area contributed by atoms with Crippen molar-refractivity contribution < 1.29 is 9.53 Å². The number of carbonyl (C=O) groups excluding carboxylic acids is 1. The summed E-state index contributed by atoms with van der Waals surface area (Å²) in [5, 5.41) is 0.509. The molecule has 1 aromatic carbocycles. The van der Waals surface area contributed by atoms with Crippen molar-refractivity contribution in [2.45, 2.75) is 6.92 Å². The van der Waals surface area contributed by atoms with Crippen molar-refractivity contribution >= 4 is 17.4 Å². The number of ketones is 1. The quantitative estimate of drug-likeness (QED) is 0.597. The Morgan fingerprint density at radius 1 is 1.62 bits per heavy atom. The van der Waals surface area contributed by atoms with Gasteiger partial charge in [-0.1, -0.05) is 11.6 Å². The van der Waals surface area contributed by atoms with Crippen molar-refractivity contribution in [2.75, 3.05) is 6.73 Å². The average Bonchev–Trinajstić information content (AvgIpc) is 2.08. The van der Waals surface area contributed by atoms with Crippen molar-refractivity contribution in [3.05, 3.63) is 28.8 Å². The van der Waals surface area contributed by atoms with Gasteiger partial charge in [0.25, 0.3) is 0 Å². The second-order valence-electron chi connectivity index (χ2n) is 2.51. The predicted molar refractivity (Wildman–Crippen MR) is 51.1 cm³/mol. The predicted octanol–water partition coefficient (Wildman–Crippen LogP) is 1.84. The van der Waals surface area contributed by atoms with E-state index in [4.69, 9.17) is 22.1 Å². The number of Topliss-reactive ketones (excluding diaryl/α,β-unsaturated/α-hetero) is 1. The Balaban J connectivity index is 3.10. The SMILES string of the molecule is CC(=O)c1cc(Cl)ccc1OCN. The maximum atomic E-state index is 11.1. The largest absolute Gasteiger partial charge is 0.478 e. The number of nitrogens with two attached hydrogens (primary N) is 1. The highest BCUT2D eigenvalue weighted by Gasteiger charge is 2.08. The second kappa shape index (κ2) is 4.25. The minimum Gasteiger partial charge on any atom is -0.478 e. The molecule has 0 aromatic heterocycles. The van der Waals surface area contributed by atoms with E-state index in [9.17, 15) is 4.79 Å². The van der Waals surface area contributed by atoms with Crippen LogP contribution in [0.1, 0.15) is 17.3 Å². The fourth-order valence-corrected chi connectivity index (χ4v) is 1.17. The van der Waals surface area contributed by atoms with Gasteiger partial charge in [0.1, 0.15) is 12.5 Å². The Morgan fingerprint density at radius 2 is 2.31 bits per heavy atom. The number of hydrogen-bond acceptors (Lipinski definition) is 3. The standard InChI is InChI=1S/C9H10ClNO2/c1-6(12)8-4-7(10)2-3-9(8)13-5-11/h2-4H,5,11H2,1H3. The third kappa shape index (κ3) is 2.44. The van der Waals surface area contributed by atoms with Crippen LogP contribution in [0.5, 0.6) is 5.75 Å². The van der Waals surface area contributed by atoms with Crippen LogP contribution >= 0.6 is 11.6 Å². The maximum absolute atomic E-state index is 11.1. The fraction of sp³-hybridized carbons (Fsp3) is 0.222. The minimum atomic E-state index is -0.0917. The van der Waals surface area contributed by atoms with Crippen LogP contribution in [0.4, 0.5) is 0 Å². The summed E-state index contributed by atoms with van der Waals surface area (Å²) in [6.45, 7) is 1.50. The van der Waals surface area contributed by atoms with E-state index in [1.807, 2.05) is 0 Å². The smallest absolute Gasteiger partial charge is 0.163 e. The maximum Gasteiger partial charge on any atom is 0.163 e. The molecule has 0 bridgehead atoms. The molecule has 3 nitrogen and oxygen atoms in total. The molecule has 0 amide bonds. The molecule has 13 heavy (non-hydrogen) atoms. The number of rotatable bonds is 3. The van der Waals surface area contributed by atoms with Gasteiger partial charge in [0.15, 0.2) is 5.78 Å². The van der Waals surface area contributed by atoms with Crippen LogP contribution in [0, 0.1) is 0 Å². The monoisotopic (exact) mass is 199 g/mol. The minimum absolute atomic E-state index is 0.0436. The van der Waals surface area contributed by atoms with Gasteiger partial charge in [-0.15, -0.1) is 0 Å². The van der Waals surface area contributed by atoms with Crippen molar-refractivity contribution in [1.29, 1.82) is 0 Å². The number of hydrogen-bond donors (Lipinski definition) is 1. The summed E-state index contributed by atoms with van der Waals surface area (Å²) < 4.78 is 5.05. The topological polar surface area (TPSA) is 52.3 Å². The van der Waals surface area contributed by atoms with Gasteiger partial charge in [0.2, 0.25) is 0 Å². The average molecular weight is 200 g/mol. The Labute approximate surface area is 81.4 Å². The molecule has 0 unspecified atom stereocenters. The lowest BCUT2D eigenvalue weighted by Gasteiger charge is -2.07. The summed E-state index contributed by atoms with van der Waals surface area (Å²) in [6, 6.07) is 4.85. The van der Waals surface area contributed by atoms with E-state index < -0.39 is 0 Å². The zero-order chi connectivity index (χ0) is 9.84. The lowest BCUT2D eigenvalue weighted by atomic mass is 10.1. The molecule has 0 saturated heterocycles. The van der Waals surface area contributed by atoms with Crippen molar-refractivity contribution in [1.82, 2.24) is 0 Å². The van der Waals surface area contributed by atoms with Crippen LogP contribution in [0.3, 0.4) is 0 Å². The molecule has 1 rings (SSSR count). The Bertz CT molecular complexity index is 325. The zero-order valence-corrected chi connectivity index (χ0v) is 7.97. The fourth-order valence-electron chi connectivity index (χ4n) is 0.993. The highest BCUT2D eigenvalue weighted by atomic mass is 35.5. The van der Waals surface area contributed by atoms with Crippen molar-refractivity contribution in [3.63, 3.8) is 0 Å². The summed E-state index contributed by atoms with van der Waals surface area (Å²) in [4.78, 5) is 11.1.